The van der Waals surface area contributed by atoms with Gasteiger partial charge in [-0.05, 0) is 135 Å². The lowest BCUT2D eigenvalue weighted by Crippen LogP contribution is -2.65. The maximum absolute atomic E-state index is 12.6. The van der Waals surface area contributed by atoms with Gasteiger partial charge in [0, 0.05) is 12.5 Å². The number of carbonyl (C=O) groups excluding carboxylic acids is 1. The average molecular weight is 713 g/mol. The van der Waals surface area contributed by atoms with E-state index in [1.54, 1.807) is 12.1 Å². The quantitative estimate of drug-likeness (QED) is 0.104. The van der Waals surface area contributed by atoms with Crippen LogP contribution in [0, 0.1) is 39.9 Å². The fraction of sp³-hybridized carbons (Fsp3) is 0.568. The molecule has 0 spiro atoms. The van der Waals surface area contributed by atoms with Crippen LogP contribution in [0.1, 0.15) is 99.8 Å². The summed E-state index contributed by atoms with van der Waals surface area (Å²) in [6.45, 7) is 14.5. The molecule has 4 aliphatic carbocycles. The smallest absolute Gasteiger partial charge is 0.331 e. The molecule has 0 unspecified atom stereocenters. The lowest BCUT2D eigenvalue weighted by molar-refractivity contribution is -0.234. The van der Waals surface area contributed by atoms with E-state index in [-0.39, 0.29) is 45.5 Å². The van der Waals surface area contributed by atoms with Crippen molar-refractivity contribution in [2.24, 2.45) is 39.9 Å². The maximum atomic E-state index is 12.6. The van der Waals surface area contributed by atoms with E-state index in [4.69, 9.17) is 9.15 Å². The third-order valence-corrected chi connectivity index (χ3v) is 14.1. The molecule has 0 radical (unpaired) electrons. The summed E-state index contributed by atoms with van der Waals surface area (Å²) in [5.74, 6) is -0.909. The van der Waals surface area contributed by atoms with Gasteiger partial charge in [-0.15, -0.1) is 0 Å². The van der Waals surface area contributed by atoms with E-state index in [0.717, 1.165) is 36.8 Å². The second-order valence-electron chi connectivity index (χ2n) is 17.1. The van der Waals surface area contributed by atoms with E-state index in [9.17, 15) is 29.7 Å². The zero-order valence-electron chi connectivity index (χ0n) is 31.8. The fourth-order valence-electron chi connectivity index (χ4n) is 11.5. The van der Waals surface area contributed by atoms with Crippen molar-refractivity contribution < 1.29 is 34.1 Å². The number of hydrogen-bond acceptors (Lipinski definition) is 7. The number of carboxylic acid groups (broad SMARTS) is 1. The van der Waals surface area contributed by atoms with Gasteiger partial charge in [0.2, 0.25) is 5.43 Å². The van der Waals surface area contributed by atoms with Gasteiger partial charge in [-0.1, -0.05) is 63.6 Å². The molecule has 1 aromatic heterocycles. The molecule has 10 atom stereocenters. The molecule has 280 valence electrons. The highest BCUT2D eigenvalue weighted by Gasteiger charge is 2.70. The largest absolute Gasteiger partial charge is 0.478 e. The first-order valence-corrected chi connectivity index (χ1v) is 19.1. The third kappa shape index (κ3) is 6.34. The van der Waals surface area contributed by atoms with Gasteiger partial charge in [-0.25, -0.2) is 4.79 Å². The van der Waals surface area contributed by atoms with Crippen LogP contribution >= 0.6 is 0 Å². The Morgan fingerprint density at radius 1 is 0.904 bits per heavy atom. The molecule has 3 N–H and O–H groups in total. The first kappa shape index (κ1) is 38.0. The number of para-hydroxylation sites is 2. The molecule has 0 amide bonds. The van der Waals surface area contributed by atoms with Crippen molar-refractivity contribution in [2.75, 3.05) is 0 Å². The van der Waals surface area contributed by atoms with Crippen LogP contribution in [0.5, 0.6) is 0 Å². The predicted octanol–water partition coefficient (Wildman–Crippen LogP) is 8.61. The van der Waals surface area contributed by atoms with E-state index >= 15 is 0 Å². The third-order valence-electron chi connectivity index (χ3n) is 14.1. The molecule has 4 fully saturated rings. The SMILES string of the molecule is CC(=O)O[C@H]1C[C@@]2(C)[C@@H](C[C@@H](O)[C@H]3[C@@]4(C)CC[C@@H](O)[C@@H](C)[C@@H]4CC[C@@]32C)/C1=C(\CCC=C(C)C)C(=O)O.O=c1c2ccccc2oc2ccccc12. The zero-order chi connectivity index (χ0) is 37.7. The number of aliphatic carboxylic acids is 1. The van der Waals surface area contributed by atoms with Crippen LogP contribution in [0.2, 0.25) is 0 Å². The second-order valence-corrected chi connectivity index (χ2v) is 17.1. The molecule has 2 aromatic carbocycles. The van der Waals surface area contributed by atoms with Crippen LogP contribution < -0.4 is 5.43 Å². The minimum Gasteiger partial charge on any atom is -0.478 e. The molecule has 7 rings (SSSR count). The summed E-state index contributed by atoms with van der Waals surface area (Å²) in [6, 6.07) is 14.6. The Morgan fingerprint density at radius 2 is 1.52 bits per heavy atom. The number of ether oxygens (including phenoxy) is 1. The number of rotatable bonds is 5. The Bertz CT molecular complexity index is 1910. The molecular formula is C44H56O8. The predicted molar refractivity (Wildman–Crippen MR) is 203 cm³/mol. The highest BCUT2D eigenvalue weighted by atomic mass is 16.5. The topological polar surface area (TPSA) is 134 Å². The number of esters is 1. The highest BCUT2D eigenvalue weighted by molar-refractivity contribution is 5.89. The minimum absolute atomic E-state index is 0.0347. The lowest BCUT2D eigenvalue weighted by atomic mass is 9.36. The minimum atomic E-state index is -0.953. The zero-order valence-corrected chi connectivity index (χ0v) is 31.8. The summed E-state index contributed by atoms with van der Waals surface area (Å²) < 4.78 is 11.5. The summed E-state index contributed by atoms with van der Waals surface area (Å²) in [4.78, 5) is 36.9. The average Bonchev–Trinajstić information content (AvgIpc) is 3.36. The van der Waals surface area contributed by atoms with E-state index in [0.29, 0.717) is 59.1 Å². The number of hydrogen-bond donors (Lipinski definition) is 3. The Hall–Kier alpha value is -3.75. The van der Waals surface area contributed by atoms with Gasteiger partial charge in [0.1, 0.15) is 17.3 Å². The number of aliphatic hydroxyl groups is 2. The van der Waals surface area contributed by atoms with Gasteiger partial charge in [0.25, 0.3) is 0 Å². The molecule has 4 aliphatic rings. The molecule has 4 saturated carbocycles. The molecular weight excluding hydrogens is 656 g/mol. The van der Waals surface area contributed by atoms with Crippen molar-refractivity contribution >= 4 is 33.9 Å². The van der Waals surface area contributed by atoms with Crippen LogP contribution in [0.4, 0.5) is 0 Å². The van der Waals surface area contributed by atoms with Crippen molar-refractivity contribution in [3.05, 3.63) is 81.5 Å². The first-order chi connectivity index (χ1) is 24.5. The van der Waals surface area contributed by atoms with Crippen LogP contribution in [0.25, 0.3) is 21.9 Å². The van der Waals surface area contributed by atoms with Crippen molar-refractivity contribution in [3.63, 3.8) is 0 Å². The van der Waals surface area contributed by atoms with Crippen LogP contribution in [-0.4, -0.2) is 45.6 Å². The summed E-state index contributed by atoms with van der Waals surface area (Å²) in [5.41, 5.74) is 2.88. The van der Waals surface area contributed by atoms with E-state index in [1.807, 2.05) is 56.3 Å². The van der Waals surface area contributed by atoms with E-state index < -0.39 is 24.1 Å². The number of carboxylic acids is 1. The monoisotopic (exact) mass is 712 g/mol. The van der Waals surface area contributed by atoms with Gasteiger partial charge >= 0.3 is 11.9 Å². The van der Waals surface area contributed by atoms with Crippen molar-refractivity contribution in [1.82, 2.24) is 0 Å². The van der Waals surface area contributed by atoms with Gasteiger partial charge < -0.3 is 24.5 Å². The summed E-state index contributed by atoms with van der Waals surface area (Å²) in [6.07, 6.45) is 6.22. The molecule has 8 nitrogen and oxygen atoms in total. The first-order valence-electron chi connectivity index (χ1n) is 19.1. The standard InChI is InChI=1S/C31H48O6.C13H8O2/c1-17(2)9-8-10-20(28(35)36)26-22-15-24(34)27-29(5)13-12-23(33)18(3)21(29)11-14-30(27,6)31(22,7)16-25(26)37-19(4)32;14-13-9-5-1-3-7-11(9)15-12-8-4-2-6-10(12)13/h9,18,21-25,27,33-34H,8,10-16H2,1-7H3,(H,35,36);1-8H/b26-20-;/t18-,21-,22-,23+,24+,25-,27-,29-,30-,31-;/m0./s1. The molecule has 0 bridgehead atoms. The lowest BCUT2D eigenvalue weighted by Gasteiger charge is -2.69. The normalized spacial score (nSPS) is 36.1. The molecule has 0 saturated heterocycles. The Kier molecular flexibility index (Phi) is 10.4. The van der Waals surface area contributed by atoms with Crippen molar-refractivity contribution in [2.45, 2.75) is 118 Å². The fourth-order valence-corrected chi connectivity index (χ4v) is 11.5. The van der Waals surface area contributed by atoms with Crippen molar-refractivity contribution in [1.29, 1.82) is 0 Å². The van der Waals surface area contributed by atoms with Gasteiger partial charge in [-0.2, -0.15) is 0 Å². The van der Waals surface area contributed by atoms with Crippen molar-refractivity contribution in [3.8, 4) is 0 Å². The summed E-state index contributed by atoms with van der Waals surface area (Å²) in [5, 5.41) is 34.1. The van der Waals surface area contributed by atoms with Gasteiger partial charge in [-0.3, -0.25) is 9.59 Å². The number of benzene rings is 2. The van der Waals surface area contributed by atoms with E-state index in [1.165, 1.54) is 6.92 Å². The van der Waals surface area contributed by atoms with Crippen LogP contribution in [-0.2, 0) is 14.3 Å². The number of fused-ring (bicyclic) bond motifs is 7. The molecule has 3 aromatic rings. The maximum Gasteiger partial charge on any atom is 0.331 e. The van der Waals surface area contributed by atoms with Crippen LogP contribution in [0.3, 0.4) is 0 Å². The second kappa shape index (κ2) is 14.2. The summed E-state index contributed by atoms with van der Waals surface area (Å²) >= 11 is 0. The van der Waals surface area contributed by atoms with Gasteiger partial charge in [0.15, 0.2) is 0 Å². The Morgan fingerprint density at radius 3 is 2.10 bits per heavy atom. The van der Waals surface area contributed by atoms with Gasteiger partial charge in [0.05, 0.1) is 23.0 Å². The Labute approximate surface area is 306 Å². The summed E-state index contributed by atoms with van der Waals surface area (Å²) in [7, 11) is 0. The molecule has 0 aliphatic heterocycles. The molecule has 1 heterocycles. The molecule has 52 heavy (non-hydrogen) atoms. The number of allylic oxidation sites excluding steroid dienone is 2. The number of aliphatic hydroxyl groups excluding tert-OH is 2. The molecule has 8 heteroatoms. The number of carbonyl (C=O) groups is 2. The Balaban J connectivity index is 0.000000255. The van der Waals surface area contributed by atoms with Crippen LogP contribution in [0.15, 0.2) is 80.5 Å². The van der Waals surface area contributed by atoms with E-state index in [2.05, 4.69) is 27.7 Å². The highest BCUT2D eigenvalue weighted by Crippen LogP contribution is 2.74.